The molecule has 3 aliphatic rings. The lowest BCUT2D eigenvalue weighted by Crippen LogP contribution is -2.67. The van der Waals surface area contributed by atoms with E-state index in [1.807, 2.05) is 0 Å². The van der Waals surface area contributed by atoms with Gasteiger partial charge in [-0.1, -0.05) is 11.6 Å². The molecular formula is C27H34ClF2N5O4S2. The summed E-state index contributed by atoms with van der Waals surface area (Å²) in [4.78, 5) is 17.7. The first-order valence-electron chi connectivity index (χ1n) is 13.5. The number of benzene rings is 2. The topological polar surface area (TPSA) is 85.4 Å². The molecule has 3 fully saturated rings. The van der Waals surface area contributed by atoms with Gasteiger partial charge in [-0.15, -0.1) is 0 Å². The van der Waals surface area contributed by atoms with Crippen LogP contribution in [0.15, 0.2) is 41.3 Å². The van der Waals surface area contributed by atoms with Gasteiger partial charge in [0.2, 0.25) is 5.91 Å². The fourth-order valence-corrected chi connectivity index (χ4v) is 8.85. The van der Waals surface area contributed by atoms with Gasteiger partial charge in [0.15, 0.2) is 17.4 Å². The van der Waals surface area contributed by atoms with E-state index in [4.69, 9.17) is 16.3 Å². The zero-order valence-electron chi connectivity index (χ0n) is 23.0. The van der Waals surface area contributed by atoms with Gasteiger partial charge >= 0.3 is 0 Å². The van der Waals surface area contributed by atoms with Gasteiger partial charge in [0, 0.05) is 63.9 Å². The molecule has 0 aromatic heterocycles. The van der Waals surface area contributed by atoms with E-state index in [0.717, 1.165) is 38.3 Å². The summed E-state index contributed by atoms with van der Waals surface area (Å²) in [6, 6.07) is 7.58. The van der Waals surface area contributed by atoms with Crippen molar-refractivity contribution >= 4 is 39.5 Å². The highest BCUT2D eigenvalue weighted by atomic mass is 35.5. The Hall–Kier alpha value is -2.00. The largest absolute Gasteiger partial charge is 0.451 e. The molecule has 224 valence electrons. The SMILES string of the molecule is CNC(=O)C12CCC(CN(S(=O)CCN3CCN(C)CC3)C1)N2S(=O)c1cc(F)c(Oc2ccc(Cl)cc2)c(F)c1. The second-order valence-corrected chi connectivity index (χ2v) is 14.0. The monoisotopic (exact) mass is 629 g/mol. The summed E-state index contributed by atoms with van der Waals surface area (Å²) in [6.45, 7) is 4.90. The van der Waals surface area contributed by atoms with Crippen LogP contribution in [0.4, 0.5) is 8.78 Å². The molecule has 1 N–H and O–H groups in total. The Morgan fingerprint density at radius 2 is 1.78 bits per heavy atom. The quantitative estimate of drug-likeness (QED) is 0.459. The molecule has 2 aromatic rings. The van der Waals surface area contributed by atoms with E-state index in [1.165, 1.54) is 31.3 Å². The number of ether oxygens (including phenoxy) is 1. The van der Waals surface area contributed by atoms with E-state index in [9.17, 15) is 13.2 Å². The molecule has 41 heavy (non-hydrogen) atoms. The number of nitrogens with zero attached hydrogens (tertiary/aromatic N) is 4. The molecule has 0 aliphatic carbocycles. The van der Waals surface area contributed by atoms with Gasteiger partial charge in [-0.05, 0) is 56.3 Å². The van der Waals surface area contributed by atoms with Crippen LogP contribution in [0.25, 0.3) is 0 Å². The van der Waals surface area contributed by atoms with Gasteiger partial charge in [-0.3, -0.25) is 9.69 Å². The third-order valence-electron chi connectivity index (χ3n) is 8.00. The standard InChI is InChI=1S/C27H34ClF2N5O4S2/c1-31-26(36)27-8-7-20(17-34(18-27)40(37)14-13-33-11-9-32(2)10-12-33)35(27)41(38)22-15-23(29)25(24(30)16-22)39-21-5-3-19(28)4-6-21/h3-6,15-16,20H,7-14,17-18H2,1-2H3,(H,31,36). The minimum absolute atomic E-state index is 0.104. The number of hydrogen-bond donors (Lipinski definition) is 1. The molecule has 3 heterocycles. The van der Waals surface area contributed by atoms with Crippen LogP contribution < -0.4 is 10.1 Å². The van der Waals surface area contributed by atoms with Gasteiger partial charge < -0.3 is 15.0 Å². The summed E-state index contributed by atoms with van der Waals surface area (Å²) in [5.74, 6) is -2.40. The summed E-state index contributed by atoms with van der Waals surface area (Å²) in [6.07, 6.45) is 0.923. The Labute approximate surface area is 248 Å². The zero-order valence-corrected chi connectivity index (χ0v) is 25.4. The fraction of sp³-hybridized carbons (Fsp3) is 0.519. The highest BCUT2D eigenvalue weighted by Crippen LogP contribution is 2.43. The van der Waals surface area contributed by atoms with Crippen LogP contribution in [0.5, 0.6) is 11.5 Å². The van der Waals surface area contributed by atoms with Crippen LogP contribution in [0.3, 0.4) is 0 Å². The lowest BCUT2D eigenvalue weighted by Gasteiger charge is -2.46. The highest BCUT2D eigenvalue weighted by Gasteiger charge is 2.59. The number of nitrogens with one attached hydrogen (secondary N) is 1. The maximum absolute atomic E-state index is 15.1. The van der Waals surface area contributed by atoms with Crippen LogP contribution >= 0.6 is 11.6 Å². The van der Waals surface area contributed by atoms with Crippen molar-refractivity contribution in [3.8, 4) is 11.5 Å². The normalized spacial score (nSPS) is 25.6. The first-order valence-corrected chi connectivity index (χ1v) is 16.3. The predicted molar refractivity (Wildman–Crippen MR) is 154 cm³/mol. The number of likely N-dealkylation sites (N-methyl/N-ethyl adjacent to an activating group) is 2. The van der Waals surface area contributed by atoms with E-state index >= 15 is 8.78 Å². The molecule has 14 heteroatoms. The Kier molecular flexibility index (Phi) is 9.43. The second-order valence-electron chi connectivity index (χ2n) is 10.6. The number of amides is 1. The fourth-order valence-electron chi connectivity index (χ4n) is 5.73. The molecule has 2 aromatic carbocycles. The van der Waals surface area contributed by atoms with Crippen molar-refractivity contribution in [3.63, 3.8) is 0 Å². The van der Waals surface area contributed by atoms with Crippen molar-refractivity contribution in [1.82, 2.24) is 23.7 Å². The van der Waals surface area contributed by atoms with Crippen molar-refractivity contribution < 1.29 is 26.7 Å². The van der Waals surface area contributed by atoms with E-state index in [0.29, 0.717) is 36.7 Å². The van der Waals surface area contributed by atoms with Crippen LogP contribution in [-0.4, -0.2) is 110 Å². The van der Waals surface area contributed by atoms with Crippen LogP contribution in [-0.2, 0) is 26.8 Å². The Morgan fingerprint density at radius 3 is 2.41 bits per heavy atom. The third-order valence-corrected chi connectivity index (χ3v) is 11.3. The maximum Gasteiger partial charge on any atom is 0.242 e. The Morgan fingerprint density at radius 1 is 1.12 bits per heavy atom. The minimum atomic E-state index is -2.07. The van der Waals surface area contributed by atoms with Crippen LogP contribution in [0.1, 0.15) is 12.8 Å². The first-order chi connectivity index (χ1) is 19.6. The van der Waals surface area contributed by atoms with Crippen molar-refractivity contribution in [2.24, 2.45) is 0 Å². The predicted octanol–water partition coefficient (Wildman–Crippen LogP) is 2.61. The summed E-state index contributed by atoms with van der Waals surface area (Å²) in [7, 11) is 0.175. The lowest BCUT2D eigenvalue weighted by molar-refractivity contribution is -0.131. The average Bonchev–Trinajstić information content (AvgIpc) is 3.20. The van der Waals surface area contributed by atoms with E-state index in [-0.39, 0.29) is 29.1 Å². The smallest absolute Gasteiger partial charge is 0.242 e. The van der Waals surface area contributed by atoms with Crippen LogP contribution in [0, 0.1) is 11.6 Å². The maximum atomic E-state index is 15.1. The summed E-state index contributed by atoms with van der Waals surface area (Å²) >= 11 is 5.86. The summed E-state index contributed by atoms with van der Waals surface area (Å²) in [5.41, 5.74) is -1.25. The van der Waals surface area contributed by atoms with Gasteiger partial charge in [-0.2, -0.15) is 4.31 Å². The zero-order chi connectivity index (χ0) is 29.3. The van der Waals surface area contributed by atoms with Crippen molar-refractivity contribution in [2.75, 3.05) is 65.7 Å². The molecule has 0 radical (unpaired) electrons. The molecule has 5 rings (SSSR count). The number of halogens is 3. The lowest BCUT2D eigenvalue weighted by atomic mass is 9.96. The molecule has 0 saturated carbocycles. The summed E-state index contributed by atoms with van der Waals surface area (Å²) < 4.78 is 66.2. The van der Waals surface area contributed by atoms with Gasteiger partial charge in [-0.25, -0.2) is 21.5 Å². The summed E-state index contributed by atoms with van der Waals surface area (Å²) in [5, 5.41) is 3.12. The van der Waals surface area contributed by atoms with Gasteiger partial charge in [0.25, 0.3) is 0 Å². The molecule has 3 saturated heterocycles. The molecule has 1 amide bonds. The molecule has 9 nitrogen and oxygen atoms in total. The molecule has 4 atom stereocenters. The number of piperazine rings is 2. The van der Waals surface area contributed by atoms with E-state index in [2.05, 4.69) is 22.2 Å². The van der Waals surface area contributed by atoms with Crippen molar-refractivity contribution in [3.05, 3.63) is 53.1 Å². The second kappa shape index (κ2) is 12.7. The molecule has 2 bridgehead atoms. The average molecular weight is 630 g/mol. The number of carbonyl (C=O) groups excluding carboxylic acids is 1. The van der Waals surface area contributed by atoms with E-state index < -0.39 is 44.9 Å². The number of rotatable bonds is 9. The Balaban J connectivity index is 1.33. The van der Waals surface area contributed by atoms with Gasteiger partial charge in [0.1, 0.15) is 22.3 Å². The van der Waals surface area contributed by atoms with Crippen molar-refractivity contribution in [1.29, 1.82) is 0 Å². The Bertz CT molecular complexity index is 1310. The molecular weight excluding hydrogens is 596 g/mol. The molecule has 4 unspecified atom stereocenters. The molecule has 3 aliphatic heterocycles. The number of fused-ring (bicyclic) bond motifs is 2. The highest BCUT2D eigenvalue weighted by molar-refractivity contribution is 7.83. The number of hydrogen-bond acceptors (Lipinski definition) is 6. The number of carbonyl (C=O) groups is 1. The third kappa shape index (κ3) is 6.36. The van der Waals surface area contributed by atoms with Crippen molar-refractivity contribution in [2.45, 2.75) is 29.3 Å². The minimum Gasteiger partial charge on any atom is -0.451 e. The first kappa shape index (κ1) is 30.5. The van der Waals surface area contributed by atoms with E-state index in [1.54, 1.807) is 8.61 Å². The molecule has 0 spiro atoms. The van der Waals surface area contributed by atoms with Gasteiger partial charge in [0.05, 0.1) is 21.6 Å². The van der Waals surface area contributed by atoms with Crippen LogP contribution in [0.2, 0.25) is 5.02 Å².